The summed E-state index contributed by atoms with van der Waals surface area (Å²) in [5, 5.41) is 14.1. The quantitative estimate of drug-likeness (QED) is 0.424. The fraction of sp³-hybridized carbons (Fsp3) is 0.346. The van der Waals surface area contributed by atoms with Crippen LogP contribution in [0.15, 0.2) is 57.9 Å². The molecule has 1 saturated heterocycles. The number of hydrogen-bond donors (Lipinski definition) is 2. The molecule has 0 radical (unpaired) electrons. The Morgan fingerprint density at radius 3 is 2.59 bits per heavy atom. The van der Waals surface area contributed by atoms with E-state index in [1.807, 2.05) is 22.8 Å². The molecule has 6 rings (SSSR count). The third kappa shape index (κ3) is 4.20. The van der Waals surface area contributed by atoms with Gasteiger partial charge in [-0.1, -0.05) is 0 Å². The Hall–Kier alpha value is -4.25. The molecule has 4 aromatic rings. The van der Waals surface area contributed by atoms with Gasteiger partial charge in [-0.15, -0.1) is 5.10 Å². The van der Waals surface area contributed by atoms with Gasteiger partial charge in [-0.2, -0.15) is 4.68 Å². The zero-order chi connectivity index (χ0) is 25.5. The second-order valence-corrected chi connectivity index (χ2v) is 9.45. The molecule has 0 saturated carbocycles. The highest BCUT2D eigenvalue weighted by molar-refractivity contribution is 5.64. The lowest BCUT2D eigenvalue weighted by Crippen LogP contribution is -2.47. The van der Waals surface area contributed by atoms with Crippen LogP contribution in [0.4, 0.5) is 5.69 Å². The summed E-state index contributed by atoms with van der Waals surface area (Å²) in [5.74, 6) is 2.27. The number of imidazole rings is 1. The van der Waals surface area contributed by atoms with E-state index in [4.69, 9.17) is 15.1 Å². The third-order valence-electron chi connectivity index (χ3n) is 7.22. The number of aromatic nitrogens is 5. The molecule has 192 valence electrons. The number of aromatic hydroxyl groups is 1. The molecule has 37 heavy (non-hydrogen) atoms. The Bertz CT molecular complexity index is 1490. The number of rotatable bonds is 5. The monoisotopic (exact) mass is 502 g/mol. The maximum atomic E-state index is 13.4. The van der Waals surface area contributed by atoms with Gasteiger partial charge in [0.25, 0.3) is 0 Å². The highest BCUT2D eigenvalue weighted by Gasteiger charge is 2.27. The molecule has 2 aliphatic heterocycles. The van der Waals surface area contributed by atoms with Crippen molar-refractivity contribution in [2.75, 3.05) is 37.6 Å². The Morgan fingerprint density at radius 1 is 1.08 bits per heavy atom. The van der Waals surface area contributed by atoms with Crippen molar-refractivity contribution in [2.24, 2.45) is 12.8 Å². The summed E-state index contributed by atoms with van der Waals surface area (Å²) in [6, 6.07) is 10.9. The number of furan rings is 1. The molecule has 0 aliphatic carbocycles. The van der Waals surface area contributed by atoms with Crippen LogP contribution in [-0.2, 0) is 20.0 Å². The molecular formula is C26H30N8O3. The molecule has 3 N–H and O–H groups in total. The summed E-state index contributed by atoms with van der Waals surface area (Å²) in [4.78, 5) is 22.8. The first-order valence-electron chi connectivity index (χ1n) is 12.5. The van der Waals surface area contributed by atoms with Crippen molar-refractivity contribution < 1.29 is 9.52 Å². The van der Waals surface area contributed by atoms with Crippen LogP contribution in [0.2, 0.25) is 0 Å². The lowest BCUT2D eigenvalue weighted by atomic mass is 10.1. The van der Waals surface area contributed by atoms with Gasteiger partial charge in [-0.3, -0.25) is 14.0 Å². The van der Waals surface area contributed by atoms with E-state index in [1.54, 1.807) is 46.8 Å². The number of benzene rings is 1. The van der Waals surface area contributed by atoms with E-state index in [-0.39, 0.29) is 11.4 Å². The molecule has 11 heteroatoms. The summed E-state index contributed by atoms with van der Waals surface area (Å²) < 4.78 is 10.6. The van der Waals surface area contributed by atoms with E-state index in [9.17, 15) is 9.90 Å². The van der Waals surface area contributed by atoms with Crippen molar-refractivity contribution in [3.63, 3.8) is 0 Å². The summed E-state index contributed by atoms with van der Waals surface area (Å²) in [6.45, 7) is 4.99. The Labute approximate surface area is 213 Å². The highest BCUT2D eigenvalue weighted by atomic mass is 16.3. The Morgan fingerprint density at radius 2 is 1.86 bits per heavy atom. The van der Waals surface area contributed by atoms with Gasteiger partial charge in [-0.25, -0.2) is 9.78 Å². The van der Waals surface area contributed by atoms with Gasteiger partial charge in [0.15, 0.2) is 11.6 Å². The molecule has 1 aromatic carbocycles. The van der Waals surface area contributed by atoms with Gasteiger partial charge in [0, 0.05) is 52.0 Å². The van der Waals surface area contributed by atoms with Gasteiger partial charge in [0.05, 0.1) is 12.0 Å². The minimum atomic E-state index is -0.0673. The number of anilines is 1. The molecular weight excluding hydrogens is 472 g/mol. The number of allylic oxidation sites excluding steroid dienone is 1. The predicted octanol–water partition coefficient (Wildman–Crippen LogP) is 1.94. The first kappa shape index (κ1) is 23.2. The molecule has 2 aliphatic rings. The number of hydrogen-bond acceptors (Lipinski definition) is 8. The number of phenols is 1. The summed E-state index contributed by atoms with van der Waals surface area (Å²) in [7, 11) is 1.78. The normalized spacial score (nSPS) is 16.1. The SMILES string of the molecule is Cn1c2c(n(CCN3CCN(c4ccc(O)cc4)CC3)c1=O)CCC=C(N)n1nc(-c3ccco3)nc1-2. The largest absolute Gasteiger partial charge is 0.508 e. The molecule has 3 aromatic heterocycles. The van der Waals surface area contributed by atoms with Crippen molar-refractivity contribution in [1.29, 1.82) is 0 Å². The van der Waals surface area contributed by atoms with Crippen molar-refractivity contribution in [3.8, 4) is 28.9 Å². The van der Waals surface area contributed by atoms with Crippen LogP contribution in [0.5, 0.6) is 5.75 Å². The van der Waals surface area contributed by atoms with Crippen molar-refractivity contribution in [3.05, 3.63) is 64.9 Å². The second kappa shape index (κ2) is 9.32. The molecule has 0 bridgehead atoms. The average Bonchev–Trinajstić information content (AvgIpc) is 3.63. The van der Waals surface area contributed by atoms with E-state index in [0.29, 0.717) is 42.6 Å². The Kier molecular flexibility index (Phi) is 5.84. The van der Waals surface area contributed by atoms with Crippen LogP contribution in [-0.4, -0.2) is 66.6 Å². The van der Waals surface area contributed by atoms with Crippen LogP contribution in [0.1, 0.15) is 12.1 Å². The maximum Gasteiger partial charge on any atom is 0.328 e. The molecule has 1 fully saturated rings. The standard InChI is InChI=1S/C26H30N8O3/c1-30-23-20(4-2-6-22(27)34-25(23)28-24(29-34)21-5-3-17-37-21)33(26(30)36)16-13-31-11-14-32(15-12-31)18-7-9-19(35)10-8-18/h3,5-10,17,35H,2,4,11-16,27H2,1H3. The molecule has 11 nitrogen and oxygen atoms in total. The lowest BCUT2D eigenvalue weighted by molar-refractivity contribution is 0.246. The van der Waals surface area contributed by atoms with E-state index in [1.165, 1.54) is 0 Å². The topological polar surface area (TPSA) is 124 Å². The molecule has 0 atom stereocenters. The van der Waals surface area contributed by atoms with E-state index < -0.39 is 0 Å². The number of phenolic OH excluding ortho intramolecular Hbond substituents is 1. The van der Waals surface area contributed by atoms with Crippen LogP contribution in [0.25, 0.3) is 28.9 Å². The van der Waals surface area contributed by atoms with Crippen LogP contribution >= 0.6 is 0 Å². The predicted molar refractivity (Wildman–Crippen MR) is 140 cm³/mol. The van der Waals surface area contributed by atoms with Gasteiger partial charge in [0.1, 0.15) is 17.3 Å². The lowest BCUT2D eigenvalue weighted by Gasteiger charge is -2.36. The summed E-state index contributed by atoms with van der Waals surface area (Å²) in [5.41, 5.74) is 9.05. The number of piperazine rings is 1. The number of fused-ring (bicyclic) bond motifs is 3. The van der Waals surface area contributed by atoms with Gasteiger partial charge >= 0.3 is 5.69 Å². The first-order valence-corrected chi connectivity index (χ1v) is 12.5. The van der Waals surface area contributed by atoms with Crippen LogP contribution in [0.3, 0.4) is 0 Å². The van der Waals surface area contributed by atoms with Crippen molar-refractivity contribution in [1.82, 2.24) is 28.8 Å². The minimum Gasteiger partial charge on any atom is -0.508 e. The fourth-order valence-electron chi connectivity index (χ4n) is 5.21. The second-order valence-electron chi connectivity index (χ2n) is 9.45. The van der Waals surface area contributed by atoms with Gasteiger partial charge < -0.3 is 20.2 Å². The summed E-state index contributed by atoms with van der Waals surface area (Å²) in [6.07, 6.45) is 4.89. The van der Waals surface area contributed by atoms with Crippen LogP contribution < -0.4 is 16.3 Å². The molecule has 5 heterocycles. The van der Waals surface area contributed by atoms with Gasteiger partial charge in [-0.05, 0) is 55.3 Å². The zero-order valence-electron chi connectivity index (χ0n) is 20.7. The van der Waals surface area contributed by atoms with E-state index in [0.717, 1.165) is 49.8 Å². The Balaban J connectivity index is 1.23. The third-order valence-corrected chi connectivity index (χ3v) is 7.22. The minimum absolute atomic E-state index is 0.0673. The smallest absolute Gasteiger partial charge is 0.328 e. The zero-order valence-corrected chi connectivity index (χ0v) is 20.7. The van der Waals surface area contributed by atoms with Gasteiger partial charge in [0.2, 0.25) is 5.82 Å². The molecule has 0 amide bonds. The highest BCUT2D eigenvalue weighted by Crippen LogP contribution is 2.29. The first-order chi connectivity index (χ1) is 18.0. The van der Waals surface area contributed by atoms with E-state index >= 15 is 0 Å². The number of nitrogens with zero attached hydrogens (tertiary/aromatic N) is 7. The van der Waals surface area contributed by atoms with E-state index in [2.05, 4.69) is 14.9 Å². The van der Waals surface area contributed by atoms with Crippen molar-refractivity contribution >= 4 is 11.5 Å². The molecule has 0 unspecified atom stereocenters. The van der Waals surface area contributed by atoms with Crippen LogP contribution in [0, 0.1) is 0 Å². The summed E-state index contributed by atoms with van der Waals surface area (Å²) >= 11 is 0. The molecule has 0 spiro atoms. The van der Waals surface area contributed by atoms with Crippen molar-refractivity contribution in [2.45, 2.75) is 19.4 Å². The number of nitrogens with two attached hydrogens (primary N) is 1. The average molecular weight is 503 g/mol. The fourth-order valence-corrected chi connectivity index (χ4v) is 5.21. The maximum absolute atomic E-state index is 13.4.